The Balaban J connectivity index is 0.00000225. The summed E-state index contributed by atoms with van der Waals surface area (Å²) in [6.45, 7) is 3.68. The molecule has 0 fully saturated rings. The molecule has 0 saturated carbocycles. The third-order valence-corrected chi connectivity index (χ3v) is 3.42. The Morgan fingerprint density at radius 3 is 2.62 bits per heavy atom. The van der Waals surface area contributed by atoms with Crippen LogP contribution in [0.4, 0.5) is 0 Å². The van der Waals surface area contributed by atoms with Gasteiger partial charge >= 0.3 is 0 Å². The van der Waals surface area contributed by atoms with Gasteiger partial charge in [-0.2, -0.15) is 0 Å². The largest absolute Gasteiger partial charge is 0.347 e. The lowest BCUT2D eigenvalue weighted by molar-refractivity contribution is -0.122. The average molecular weight is 283 g/mol. The van der Waals surface area contributed by atoms with Crippen LogP contribution in [0.25, 0.3) is 0 Å². The van der Waals surface area contributed by atoms with Crippen LogP contribution in [0.5, 0.6) is 0 Å². The quantitative estimate of drug-likeness (QED) is 0.892. The molecule has 2 atom stereocenters. The van der Waals surface area contributed by atoms with E-state index in [1.165, 1.54) is 11.3 Å². The van der Waals surface area contributed by atoms with Crippen LogP contribution in [0.3, 0.4) is 0 Å². The Bertz CT molecular complexity index is 341. The molecule has 16 heavy (non-hydrogen) atoms. The van der Waals surface area contributed by atoms with Crippen molar-refractivity contribution in [2.75, 3.05) is 0 Å². The second-order valence-electron chi connectivity index (χ2n) is 3.40. The molecule has 92 valence electrons. The zero-order chi connectivity index (χ0) is 11.4. The average Bonchev–Trinajstić information content (AvgIpc) is 2.60. The van der Waals surface area contributed by atoms with E-state index in [9.17, 15) is 4.79 Å². The van der Waals surface area contributed by atoms with Crippen LogP contribution in [-0.2, 0) is 4.79 Å². The van der Waals surface area contributed by atoms with Gasteiger partial charge in [0, 0.05) is 4.88 Å². The normalized spacial score (nSPS) is 13.8. The van der Waals surface area contributed by atoms with Gasteiger partial charge in [0.25, 0.3) is 0 Å². The van der Waals surface area contributed by atoms with E-state index in [4.69, 9.17) is 17.3 Å². The summed E-state index contributed by atoms with van der Waals surface area (Å²) in [7, 11) is 0. The maximum Gasteiger partial charge on any atom is 0.237 e. The molecule has 1 rings (SSSR count). The number of carbonyl (C=O) groups excluding carboxylic acids is 1. The zero-order valence-corrected chi connectivity index (χ0v) is 11.6. The first-order valence-corrected chi connectivity index (χ1v) is 6.05. The standard InChI is InChI=1S/C10H15ClN2OS.ClH/c1-3-7(13-10(14)6(2)12)8-4-5-9(11)15-8;/h4-7H,3,12H2,1-2H3,(H,13,14);1H. The molecule has 3 N–H and O–H groups in total. The van der Waals surface area contributed by atoms with E-state index in [0.717, 1.165) is 15.6 Å². The van der Waals surface area contributed by atoms with E-state index in [0.29, 0.717) is 0 Å². The Morgan fingerprint density at radius 2 is 2.25 bits per heavy atom. The van der Waals surface area contributed by atoms with Crippen LogP contribution >= 0.6 is 35.3 Å². The Morgan fingerprint density at radius 1 is 1.62 bits per heavy atom. The van der Waals surface area contributed by atoms with Gasteiger partial charge in [0.05, 0.1) is 16.4 Å². The van der Waals surface area contributed by atoms with E-state index in [1.807, 2.05) is 19.1 Å². The number of thiophene rings is 1. The zero-order valence-electron chi connectivity index (χ0n) is 9.20. The maximum atomic E-state index is 11.4. The van der Waals surface area contributed by atoms with Crippen molar-refractivity contribution >= 4 is 41.3 Å². The van der Waals surface area contributed by atoms with Gasteiger partial charge in [-0.15, -0.1) is 23.7 Å². The molecule has 0 aliphatic carbocycles. The van der Waals surface area contributed by atoms with Crippen LogP contribution in [0.15, 0.2) is 12.1 Å². The van der Waals surface area contributed by atoms with Gasteiger partial charge < -0.3 is 11.1 Å². The molecule has 0 bridgehead atoms. The number of hydrogen-bond donors (Lipinski definition) is 2. The number of nitrogens with two attached hydrogens (primary N) is 1. The molecule has 1 amide bonds. The highest BCUT2D eigenvalue weighted by molar-refractivity contribution is 7.16. The number of hydrogen-bond acceptors (Lipinski definition) is 3. The number of halogens is 2. The minimum atomic E-state index is -0.477. The smallest absolute Gasteiger partial charge is 0.237 e. The molecule has 0 aliphatic heterocycles. The lowest BCUT2D eigenvalue weighted by Gasteiger charge is -2.16. The fourth-order valence-corrected chi connectivity index (χ4v) is 2.39. The molecular formula is C10H16Cl2N2OS. The first-order chi connectivity index (χ1) is 7.04. The molecule has 0 aliphatic rings. The first kappa shape index (κ1) is 15.7. The minimum Gasteiger partial charge on any atom is -0.347 e. The van der Waals surface area contributed by atoms with Crippen molar-refractivity contribution < 1.29 is 4.79 Å². The highest BCUT2D eigenvalue weighted by Gasteiger charge is 2.16. The van der Waals surface area contributed by atoms with Crippen LogP contribution in [0, 0.1) is 0 Å². The molecule has 0 aromatic carbocycles. The van der Waals surface area contributed by atoms with Crippen LogP contribution in [-0.4, -0.2) is 11.9 Å². The van der Waals surface area contributed by atoms with E-state index in [-0.39, 0.29) is 24.4 Å². The number of amides is 1. The monoisotopic (exact) mass is 282 g/mol. The highest BCUT2D eigenvalue weighted by atomic mass is 35.5. The lowest BCUT2D eigenvalue weighted by atomic mass is 10.2. The van der Waals surface area contributed by atoms with Gasteiger partial charge in [-0.25, -0.2) is 0 Å². The van der Waals surface area contributed by atoms with Crippen molar-refractivity contribution in [2.24, 2.45) is 5.73 Å². The Kier molecular flexibility index (Phi) is 6.99. The Labute approximate surface area is 111 Å². The second-order valence-corrected chi connectivity index (χ2v) is 5.15. The van der Waals surface area contributed by atoms with Gasteiger partial charge in [0.15, 0.2) is 0 Å². The van der Waals surface area contributed by atoms with Crippen molar-refractivity contribution in [3.63, 3.8) is 0 Å². The van der Waals surface area contributed by atoms with Crippen LogP contribution < -0.4 is 11.1 Å². The van der Waals surface area contributed by atoms with Gasteiger partial charge in [0.2, 0.25) is 5.91 Å². The lowest BCUT2D eigenvalue weighted by Crippen LogP contribution is -2.39. The van der Waals surface area contributed by atoms with Crippen molar-refractivity contribution in [1.82, 2.24) is 5.32 Å². The molecule has 1 heterocycles. The van der Waals surface area contributed by atoms with Gasteiger partial charge in [-0.3, -0.25) is 4.79 Å². The van der Waals surface area contributed by atoms with Crippen molar-refractivity contribution in [1.29, 1.82) is 0 Å². The van der Waals surface area contributed by atoms with Crippen LogP contribution in [0.1, 0.15) is 31.2 Å². The van der Waals surface area contributed by atoms with E-state index in [1.54, 1.807) is 6.92 Å². The molecule has 3 nitrogen and oxygen atoms in total. The maximum absolute atomic E-state index is 11.4. The fraction of sp³-hybridized carbons (Fsp3) is 0.500. The van der Waals surface area contributed by atoms with Gasteiger partial charge in [0.1, 0.15) is 0 Å². The number of nitrogens with one attached hydrogen (secondary N) is 1. The molecule has 6 heteroatoms. The summed E-state index contributed by atoms with van der Waals surface area (Å²) in [4.78, 5) is 12.5. The Hall–Kier alpha value is -0.290. The van der Waals surface area contributed by atoms with Gasteiger partial charge in [-0.05, 0) is 25.5 Å². The molecule has 0 spiro atoms. The summed E-state index contributed by atoms with van der Waals surface area (Å²) in [6.07, 6.45) is 0.829. The second kappa shape index (κ2) is 7.12. The van der Waals surface area contributed by atoms with E-state index >= 15 is 0 Å². The van der Waals surface area contributed by atoms with Gasteiger partial charge in [-0.1, -0.05) is 18.5 Å². The summed E-state index contributed by atoms with van der Waals surface area (Å²) >= 11 is 7.33. The van der Waals surface area contributed by atoms with Crippen molar-refractivity contribution in [2.45, 2.75) is 32.4 Å². The van der Waals surface area contributed by atoms with Crippen LogP contribution in [0.2, 0.25) is 4.34 Å². The molecule has 2 unspecified atom stereocenters. The summed E-state index contributed by atoms with van der Waals surface area (Å²) in [5.74, 6) is -0.133. The molecule has 0 radical (unpaired) electrons. The van der Waals surface area contributed by atoms with Crippen molar-refractivity contribution in [3.8, 4) is 0 Å². The van der Waals surface area contributed by atoms with Crippen molar-refractivity contribution in [3.05, 3.63) is 21.3 Å². The molecule has 1 aromatic heterocycles. The topological polar surface area (TPSA) is 55.1 Å². The third-order valence-electron chi connectivity index (χ3n) is 2.08. The summed E-state index contributed by atoms with van der Waals surface area (Å²) in [6, 6.07) is 3.31. The summed E-state index contributed by atoms with van der Waals surface area (Å²) < 4.78 is 0.735. The predicted octanol–water partition coefficient (Wildman–Crippen LogP) is 2.74. The molecule has 0 saturated heterocycles. The summed E-state index contributed by atoms with van der Waals surface area (Å²) in [5, 5.41) is 2.88. The minimum absolute atomic E-state index is 0. The third kappa shape index (κ3) is 4.29. The number of carbonyl (C=O) groups is 1. The molecular weight excluding hydrogens is 267 g/mol. The SMILES string of the molecule is CCC(NC(=O)C(C)N)c1ccc(Cl)s1.Cl. The fourth-order valence-electron chi connectivity index (χ4n) is 1.19. The highest BCUT2D eigenvalue weighted by Crippen LogP contribution is 2.28. The molecule has 1 aromatic rings. The first-order valence-electron chi connectivity index (χ1n) is 4.85. The van der Waals surface area contributed by atoms with E-state index in [2.05, 4.69) is 5.32 Å². The summed E-state index contributed by atoms with van der Waals surface area (Å²) in [5.41, 5.74) is 5.49. The number of rotatable bonds is 4. The van der Waals surface area contributed by atoms with E-state index < -0.39 is 6.04 Å². The predicted molar refractivity (Wildman–Crippen MR) is 71.4 cm³/mol.